The van der Waals surface area contributed by atoms with E-state index in [1.54, 1.807) is 0 Å². The molecule has 0 radical (unpaired) electrons. The summed E-state index contributed by atoms with van der Waals surface area (Å²) in [6.45, 7) is 6.20. The van der Waals surface area contributed by atoms with Crippen molar-refractivity contribution in [2.75, 3.05) is 39.3 Å². The minimum atomic E-state index is -0.220. The van der Waals surface area contributed by atoms with E-state index in [0.29, 0.717) is 26.1 Å². The number of nitrogens with one attached hydrogen (secondary N) is 2. The third kappa shape index (κ3) is 5.14. The lowest BCUT2D eigenvalue weighted by atomic mass is 10.2. The van der Waals surface area contributed by atoms with Crippen LogP contribution in [-0.4, -0.2) is 62.7 Å². The fourth-order valence-corrected chi connectivity index (χ4v) is 1.88. The van der Waals surface area contributed by atoms with Gasteiger partial charge < -0.3 is 15.4 Å². The Hall–Kier alpha value is -1.14. The van der Waals surface area contributed by atoms with Crippen molar-refractivity contribution in [1.29, 1.82) is 0 Å². The molecule has 1 saturated heterocycles. The van der Waals surface area contributed by atoms with Crippen LogP contribution in [0.3, 0.4) is 0 Å². The Morgan fingerprint density at radius 1 is 1.65 bits per heavy atom. The van der Waals surface area contributed by atoms with Gasteiger partial charge in [-0.1, -0.05) is 0 Å². The lowest BCUT2D eigenvalue weighted by Gasteiger charge is -2.32. The van der Waals surface area contributed by atoms with Crippen LogP contribution in [0.5, 0.6) is 0 Å². The quantitative estimate of drug-likeness (QED) is 0.339. The van der Waals surface area contributed by atoms with Gasteiger partial charge in [0.2, 0.25) is 6.41 Å². The van der Waals surface area contributed by atoms with Crippen LogP contribution < -0.4 is 10.6 Å². The van der Waals surface area contributed by atoms with Crippen molar-refractivity contribution < 1.29 is 14.3 Å². The van der Waals surface area contributed by atoms with Gasteiger partial charge in [-0.25, -0.2) is 0 Å². The van der Waals surface area contributed by atoms with E-state index in [0.717, 1.165) is 26.1 Å². The first-order valence-electron chi connectivity index (χ1n) is 6.07. The molecule has 0 aromatic heterocycles. The summed E-state index contributed by atoms with van der Waals surface area (Å²) in [6, 6.07) is -0.220. The van der Waals surface area contributed by atoms with Crippen molar-refractivity contribution in [2.24, 2.45) is 0 Å². The second-order valence-electron chi connectivity index (χ2n) is 3.98. The summed E-state index contributed by atoms with van der Waals surface area (Å²) < 4.78 is 4.99. The smallest absolute Gasteiger partial charge is 0.324 e. The second-order valence-corrected chi connectivity index (χ2v) is 3.98. The van der Waals surface area contributed by atoms with Gasteiger partial charge in [0.15, 0.2) is 0 Å². The van der Waals surface area contributed by atoms with Gasteiger partial charge in [-0.05, 0) is 19.9 Å². The zero-order valence-electron chi connectivity index (χ0n) is 10.3. The lowest BCUT2D eigenvalue weighted by molar-refractivity contribution is -0.146. The van der Waals surface area contributed by atoms with Crippen LogP contribution in [0.25, 0.3) is 0 Å². The molecule has 0 aromatic carbocycles. The molecule has 1 aliphatic rings. The van der Waals surface area contributed by atoms with Crippen molar-refractivity contribution in [1.82, 2.24) is 15.5 Å². The summed E-state index contributed by atoms with van der Waals surface area (Å²) >= 11 is 0. The highest BCUT2D eigenvalue weighted by Crippen LogP contribution is 2.02. The van der Waals surface area contributed by atoms with Gasteiger partial charge in [0.25, 0.3) is 0 Å². The number of amides is 1. The minimum absolute atomic E-state index is 0.178. The molecule has 98 valence electrons. The molecule has 0 aliphatic carbocycles. The molecule has 0 bridgehead atoms. The third-order valence-electron chi connectivity index (χ3n) is 2.71. The standard InChI is InChI=1S/C11H21N3O3/c1-2-17-11(16)10-8-14(7-5-13-10)6-3-4-12-9-15/h9-10,13H,2-8H2,1H3,(H,12,15). The summed E-state index contributed by atoms with van der Waals surface area (Å²) in [5.74, 6) is -0.178. The van der Waals surface area contributed by atoms with Crippen molar-refractivity contribution >= 4 is 12.4 Å². The maximum Gasteiger partial charge on any atom is 0.324 e. The molecule has 1 aliphatic heterocycles. The van der Waals surface area contributed by atoms with Gasteiger partial charge in [0.05, 0.1) is 6.61 Å². The molecule has 1 atom stereocenters. The largest absolute Gasteiger partial charge is 0.465 e. The van der Waals surface area contributed by atoms with Gasteiger partial charge in [-0.3, -0.25) is 14.5 Å². The summed E-state index contributed by atoms with van der Waals surface area (Å²) in [5, 5.41) is 5.77. The van der Waals surface area contributed by atoms with E-state index in [2.05, 4.69) is 15.5 Å². The van der Waals surface area contributed by atoms with Crippen molar-refractivity contribution in [3.05, 3.63) is 0 Å². The number of nitrogens with zero attached hydrogens (tertiary/aromatic N) is 1. The number of ether oxygens (including phenoxy) is 1. The fraction of sp³-hybridized carbons (Fsp3) is 0.818. The first-order valence-corrected chi connectivity index (χ1v) is 6.07. The number of esters is 1. The second kappa shape index (κ2) is 8.03. The van der Waals surface area contributed by atoms with Crippen LogP contribution in [0.4, 0.5) is 0 Å². The van der Waals surface area contributed by atoms with Crippen LogP contribution in [0.15, 0.2) is 0 Å². The molecule has 17 heavy (non-hydrogen) atoms. The van der Waals surface area contributed by atoms with Crippen LogP contribution >= 0.6 is 0 Å². The van der Waals surface area contributed by atoms with E-state index in [9.17, 15) is 9.59 Å². The number of piperazine rings is 1. The van der Waals surface area contributed by atoms with Gasteiger partial charge in [0.1, 0.15) is 6.04 Å². The maximum atomic E-state index is 11.5. The molecule has 1 unspecified atom stereocenters. The molecule has 0 saturated carbocycles. The first-order chi connectivity index (χ1) is 8.27. The molecule has 0 spiro atoms. The maximum absolute atomic E-state index is 11.5. The number of hydrogen-bond acceptors (Lipinski definition) is 5. The summed E-state index contributed by atoms with van der Waals surface area (Å²) in [7, 11) is 0. The predicted molar refractivity (Wildman–Crippen MR) is 63.5 cm³/mol. The Morgan fingerprint density at radius 3 is 3.18 bits per heavy atom. The monoisotopic (exact) mass is 243 g/mol. The molecule has 2 N–H and O–H groups in total. The molecule has 1 rings (SSSR count). The average Bonchev–Trinajstić information content (AvgIpc) is 2.35. The van der Waals surface area contributed by atoms with Crippen molar-refractivity contribution in [2.45, 2.75) is 19.4 Å². The zero-order chi connectivity index (χ0) is 12.5. The average molecular weight is 243 g/mol. The fourth-order valence-electron chi connectivity index (χ4n) is 1.88. The van der Waals surface area contributed by atoms with Crippen LogP contribution in [-0.2, 0) is 14.3 Å². The Bertz CT molecular complexity index is 248. The highest BCUT2D eigenvalue weighted by atomic mass is 16.5. The molecule has 1 heterocycles. The van der Waals surface area contributed by atoms with E-state index in [1.165, 1.54) is 0 Å². The SMILES string of the molecule is CCOC(=O)C1CN(CCCNC=O)CCN1. The van der Waals surface area contributed by atoms with Crippen LogP contribution in [0.2, 0.25) is 0 Å². The van der Waals surface area contributed by atoms with E-state index >= 15 is 0 Å². The van der Waals surface area contributed by atoms with E-state index < -0.39 is 0 Å². The topological polar surface area (TPSA) is 70.7 Å². The Kier molecular flexibility index (Phi) is 6.57. The van der Waals surface area contributed by atoms with Crippen molar-refractivity contribution in [3.63, 3.8) is 0 Å². The number of carbonyl (C=O) groups is 2. The van der Waals surface area contributed by atoms with Gasteiger partial charge in [0, 0.05) is 26.2 Å². The van der Waals surface area contributed by atoms with Gasteiger partial charge in [-0.2, -0.15) is 0 Å². The molecule has 6 nitrogen and oxygen atoms in total. The highest BCUT2D eigenvalue weighted by molar-refractivity contribution is 5.76. The Labute approximate surface area is 102 Å². The van der Waals surface area contributed by atoms with E-state index in [-0.39, 0.29) is 12.0 Å². The molecular formula is C11H21N3O3. The molecule has 1 amide bonds. The lowest BCUT2D eigenvalue weighted by Crippen LogP contribution is -2.54. The van der Waals surface area contributed by atoms with Gasteiger partial charge >= 0.3 is 5.97 Å². The van der Waals surface area contributed by atoms with E-state index in [4.69, 9.17) is 4.74 Å². The number of carbonyl (C=O) groups excluding carboxylic acids is 2. The Morgan fingerprint density at radius 2 is 2.47 bits per heavy atom. The Balaban J connectivity index is 2.23. The summed E-state index contributed by atoms with van der Waals surface area (Å²) in [6.07, 6.45) is 1.60. The summed E-state index contributed by atoms with van der Waals surface area (Å²) in [5.41, 5.74) is 0. The predicted octanol–water partition coefficient (Wildman–Crippen LogP) is -1.04. The highest BCUT2D eigenvalue weighted by Gasteiger charge is 2.25. The zero-order valence-corrected chi connectivity index (χ0v) is 10.3. The first kappa shape index (κ1) is 13.9. The molecule has 0 aromatic rings. The molecular weight excluding hydrogens is 222 g/mol. The third-order valence-corrected chi connectivity index (χ3v) is 2.71. The van der Waals surface area contributed by atoms with E-state index in [1.807, 2.05) is 6.92 Å². The molecule has 1 fully saturated rings. The number of hydrogen-bond donors (Lipinski definition) is 2. The normalized spacial score (nSPS) is 20.9. The summed E-state index contributed by atoms with van der Waals surface area (Å²) in [4.78, 5) is 23.8. The van der Waals surface area contributed by atoms with Crippen molar-refractivity contribution in [3.8, 4) is 0 Å². The van der Waals surface area contributed by atoms with Gasteiger partial charge in [-0.15, -0.1) is 0 Å². The number of rotatable bonds is 7. The van der Waals surface area contributed by atoms with Crippen LogP contribution in [0, 0.1) is 0 Å². The van der Waals surface area contributed by atoms with Crippen LogP contribution in [0.1, 0.15) is 13.3 Å². The molecule has 6 heteroatoms. The minimum Gasteiger partial charge on any atom is -0.465 e.